The van der Waals surface area contributed by atoms with Gasteiger partial charge < -0.3 is 0 Å². The third-order valence-electron chi connectivity index (χ3n) is 1.32. The molecule has 0 saturated heterocycles. The Labute approximate surface area is 70.4 Å². The molecular weight excluding hydrogens is 156 g/mol. The fourth-order valence-electron chi connectivity index (χ4n) is 0.841. The number of Topliss-reactive ketones (excluding diaryl/α,β-unsaturated/α-hetero) is 1. The summed E-state index contributed by atoms with van der Waals surface area (Å²) < 4.78 is 0. The second-order valence-corrected chi connectivity index (χ2v) is 3.32. The van der Waals surface area contributed by atoms with E-state index in [2.05, 4.69) is 6.58 Å². The Hall–Kier alpha value is -0.890. The van der Waals surface area contributed by atoms with Gasteiger partial charge in [-0.25, -0.2) is 0 Å². The first kappa shape index (κ1) is 8.21. The molecule has 1 heterocycles. The molecule has 0 amide bonds. The number of hydrogen-bond acceptors (Lipinski definition) is 2. The number of carbonyl (C=O) groups is 1. The highest BCUT2D eigenvalue weighted by atomic mass is 32.1. The van der Waals surface area contributed by atoms with Crippen molar-refractivity contribution in [3.05, 3.63) is 35.0 Å². The lowest BCUT2D eigenvalue weighted by Gasteiger charge is -1.91. The molecule has 0 saturated carbocycles. The summed E-state index contributed by atoms with van der Waals surface area (Å²) in [5, 5.41) is 1.98. The van der Waals surface area contributed by atoms with Crippen LogP contribution in [-0.2, 0) is 11.2 Å². The van der Waals surface area contributed by atoms with Crippen molar-refractivity contribution in [3.63, 3.8) is 0 Å². The van der Waals surface area contributed by atoms with E-state index in [0.717, 1.165) is 4.88 Å². The highest BCUT2D eigenvalue weighted by Gasteiger charge is 2.00. The molecule has 0 aliphatic rings. The van der Waals surface area contributed by atoms with Gasteiger partial charge in [0.05, 0.1) is 0 Å². The zero-order chi connectivity index (χ0) is 8.10. The first-order chi connectivity index (χ1) is 5.33. The summed E-state index contributed by atoms with van der Waals surface area (Å²) in [4.78, 5) is 12.2. The number of hydrogen-bond donors (Lipinski definition) is 0. The summed E-state index contributed by atoms with van der Waals surface area (Å²) in [6, 6.07) is 3.94. The minimum Gasteiger partial charge on any atom is -0.299 e. The van der Waals surface area contributed by atoms with Crippen molar-refractivity contribution < 1.29 is 4.79 Å². The molecule has 0 fully saturated rings. The van der Waals surface area contributed by atoms with E-state index in [4.69, 9.17) is 0 Å². The van der Waals surface area contributed by atoms with Gasteiger partial charge in [-0.05, 0) is 11.4 Å². The summed E-state index contributed by atoms with van der Waals surface area (Å²) in [6.07, 6.45) is 2.69. The molecule has 0 aliphatic heterocycles. The third-order valence-corrected chi connectivity index (χ3v) is 2.20. The molecule has 11 heavy (non-hydrogen) atoms. The Morgan fingerprint density at radius 2 is 2.55 bits per heavy atom. The Morgan fingerprint density at radius 1 is 1.73 bits per heavy atom. The van der Waals surface area contributed by atoms with Gasteiger partial charge in [-0.2, -0.15) is 0 Å². The largest absolute Gasteiger partial charge is 0.299 e. The predicted molar refractivity (Wildman–Crippen MR) is 47.8 cm³/mol. The van der Waals surface area contributed by atoms with Crippen LogP contribution in [0.3, 0.4) is 0 Å². The lowest BCUT2D eigenvalue weighted by Crippen LogP contribution is -1.98. The zero-order valence-corrected chi connectivity index (χ0v) is 7.06. The maximum Gasteiger partial charge on any atom is 0.141 e. The van der Waals surface area contributed by atoms with Crippen molar-refractivity contribution >= 4 is 17.1 Å². The summed E-state index contributed by atoms with van der Waals surface area (Å²) in [6.45, 7) is 3.51. The topological polar surface area (TPSA) is 17.1 Å². The standard InChI is InChI=1S/C9H10OS/c1-2-4-8(10)7-9-5-3-6-11-9/h2-3,5-6H,1,4,7H2. The van der Waals surface area contributed by atoms with Crippen LogP contribution in [0.25, 0.3) is 0 Å². The van der Waals surface area contributed by atoms with Gasteiger partial charge in [0.25, 0.3) is 0 Å². The Bertz CT molecular complexity index is 236. The van der Waals surface area contributed by atoms with Gasteiger partial charge >= 0.3 is 0 Å². The van der Waals surface area contributed by atoms with Gasteiger partial charge in [-0.1, -0.05) is 12.1 Å². The lowest BCUT2D eigenvalue weighted by molar-refractivity contribution is -0.117. The molecule has 2 heteroatoms. The van der Waals surface area contributed by atoms with Gasteiger partial charge in [0.2, 0.25) is 0 Å². The van der Waals surface area contributed by atoms with Crippen molar-refractivity contribution in [3.8, 4) is 0 Å². The number of carbonyl (C=O) groups excluding carboxylic acids is 1. The number of thiophene rings is 1. The van der Waals surface area contributed by atoms with Crippen molar-refractivity contribution in [2.45, 2.75) is 12.8 Å². The maximum absolute atomic E-state index is 11.0. The summed E-state index contributed by atoms with van der Waals surface area (Å²) in [7, 11) is 0. The average Bonchev–Trinajstić information content (AvgIpc) is 2.40. The number of rotatable bonds is 4. The molecule has 0 radical (unpaired) electrons. The van der Waals surface area contributed by atoms with Crippen LogP contribution >= 0.6 is 11.3 Å². The smallest absolute Gasteiger partial charge is 0.141 e. The third kappa shape index (κ3) is 2.68. The highest BCUT2D eigenvalue weighted by molar-refractivity contribution is 7.10. The summed E-state index contributed by atoms with van der Waals surface area (Å²) >= 11 is 1.62. The van der Waals surface area contributed by atoms with Crippen LogP contribution in [-0.4, -0.2) is 5.78 Å². The second kappa shape index (κ2) is 4.09. The molecule has 0 atom stereocenters. The zero-order valence-electron chi connectivity index (χ0n) is 6.25. The quantitative estimate of drug-likeness (QED) is 0.628. The van der Waals surface area contributed by atoms with Crippen molar-refractivity contribution in [1.82, 2.24) is 0 Å². The van der Waals surface area contributed by atoms with E-state index in [0.29, 0.717) is 12.8 Å². The Kier molecular flexibility index (Phi) is 3.05. The molecule has 0 unspecified atom stereocenters. The van der Waals surface area contributed by atoms with Gasteiger partial charge in [0.15, 0.2) is 0 Å². The predicted octanol–water partition coefficient (Wildman–Crippen LogP) is 2.44. The molecule has 1 aromatic rings. The van der Waals surface area contributed by atoms with Crippen molar-refractivity contribution in [2.75, 3.05) is 0 Å². The van der Waals surface area contributed by atoms with E-state index in [1.54, 1.807) is 17.4 Å². The molecule has 0 N–H and O–H groups in total. The molecule has 0 aliphatic carbocycles. The van der Waals surface area contributed by atoms with Crippen molar-refractivity contribution in [2.24, 2.45) is 0 Å². The Balaban J connectivity index is 2.43. The summed E-state index contributed by atoms with van der Waals surface area (Å²) in [5.74, 6) is 0.238. The molecule has 0 spiro atoms. The summed E-state index contributed by atoms with van der Waals surface area (Å²) in [5.41, 5.74) is 0. The SMILES string of the molecule is C=CCC(=O)Cc1cccs1. The minimum absolute atomic E-state index is 0.238. The number of ketones is 1. The van der Waals surface area contributed by atoms with E-state index < -0.39 is 0 Å². The van der Waals surface area contributed by atoms with E-state index in [1.807, 2.05) is 17.5 Å². The molecular formula is C9H10OS. The first-order valence-corrected chi connectivity index (χ1v) is 4.36. The van der Waals surface area contributed by atoms with Gasteiger partial charge in [0, 0.05) is 17.7 Å². The Morgan fingerprint density at radius 3 is 3.09 bits per heavy atom. The van der Waals surface area contributed by atoms with Crippen LogP contribution in [0.15, 0.2) is 30.2 Å². The van der Waals surface area contributed by atoms with Gasteiger partial charge in [-0.15, -0.1) is 17.9 Å². The molecule has 1 rings (SSSR count). The van der Waals surface area contributed by atoms with Crippen LogP contribution in [0, 0.1) is 0 Å². The second-order valence-electron chi connectivity index (χ2n) is 2.29. The molecule has 1 aromatic heterocycles. The van der Waals surface area contributed by atoms with Gasteiger partial charge in [0.1, 0.15) is 5.78 Å². The first-order valence-electron chi connectivity index (χ1n) is 3.48. The number of allylic oxidation sites excluding steroid dienone is 1. The van der Waals surface area contributed by atoms with E-state index in [-0.39, 0.29) is 5.78 Å². The van der Waals surface area contributed by atoms with Crippen LogP contribution in [0.2, 0.25) is 0 Å². The average molecular weight is 166 g/mol. The van der Waals surface area contributed by atoms with Crippen molar-refractivity contribution in [1.29, 1.82) is 0 Å². The monoisotopic (exact) mass is 166 g/mol. The van der Waals surface area contributed by atoms with E-state index in [1.165, 1.54) is 0 Å². The van der Waals surface area contributed by atoms with Crippen LogP contribution in [0.4, 0.5) is 0 Å². The minimum atomic E-state index is 0.238. The molecule has 0 aromatic carbocycles. The van der Waals surface area contributed by atoms with E-state index in [9.17, 15) is 4.79 Å². The fourth-order valence-corrected chi connectivity index (χ4v) is 1.57. The van der Waals surface area contributed by atoms with Crippen LogP contribution < -0.4 is 0 Å². The van der Waals surface area contributed by atoms with Crippen LogP contribution in [0.5, 0.6) is 0 Å². The van der Waals surface area contributed by atoms with Crippen LogP contribution in [0.1, 0.15) is 11.3 Å². The molecule has 58 valence electrons. The fraction of sp³-hybridized carbons (Fsp3) is 0.222. The molecule has 1 nitrogen and oxygen atoms in total. The van der Waals surface area contributed by atoms with Gasteiger partial charge in [-0.3, -0.25) is 4.79 Å². The van der Waals surface area contributed by atoms with E-state index >= 15 is 0 Å². The normalized spacial score (nSPS) is 9.45. The lowest BCUT2D eigenvalue weighted by atomic mass is 10.2. The highest BCUT2D eigenvalue weighted by Crippen LogP contribution is 2.09. The molecule has 0 bridgehead atoms. The maximum atomic E-state index is 11.0.